The molecule has 1 atom stereocenters. The smallest absolute Gasteiger partial charge is 0.0320 e. The van der Waals surface area contributed by atoms with Crippen molar-refractivity contribution in [2.75, 3.05) is 13.1 Å². The lowest BCUT2D eigenvalue weighted by Gasteiger charge is -2.51. The molecule has 1 saturated heterocycles. The number of hydrogen-bond donors (Lipinski definition) is 1. The van der Waals surface area contributed by atoms with Gasteiger partial charge in [0.2, 0.25) is 0 Å². The topological polar surface area (TPSA) is 29.3 Å². The van der Waals surface area contributed by atoms with E-state index >= 15 is 0 Å². The molecular weight excluding hydrogens is 220 g/mol. The molecule has 2 aliphatic rings. The summed E-state index contributed by atoms with van der Waals surface area (Å²) in [5.74, 6) is 0. The van der Waals surface area contributed by atoms with Crippen molar-refractivity contribution in [1.82, 2.24) is 4.90 Å². The monoisotopic (exact) mass is 244 g/mol. The highest BCUT2D eigenvalue weighted by molar-refractivity contribution is 5.25. The summed E-state index contributed by atoms with van der Waals surface area (Å²) >= 11 is 0. The van der Waals surface area contributed by atoms with E-state index in [1.807, 2.05) is 0 Å². The van der Waals surface area contributed by atoms with E-state index in [4.69, 9.17) is 5.73 Å². The molecule has 1 aromatic carbocycles. The van der Waals surface area contributed by atoms with E-state index in [1.54, 1.807) is 0 Å². The number of rotatable bonds is 3. The number of nitrogens with zero attached hydrogens (tertiary/aromatic N) is 1. The molecule has 1 heterocycles. The normalized spacial score (nSPS) is 24.1. The Balaban J connectivity index is 1.63. The third-order valence-electron chi connectivity index (χ3n) is 4.99. The fourth-order valence-electron chi connectivity index (χ4n) is 3.67. The van der Waals surface area contributed by atoms with Gasteiger partial charge in [-0.2, -0.15) is 0 Å². The second-order valence-corrected chi connectivity index (χ2v) is 6.23. The largest absolute Gasteiger partial charge is 0.326 e. The Bertz CT molecular complexity index is 396. The van der Waals surface area contributed by atoms with Crippen molar-refractivity contribution in [3.63, 3.8) is 0 Å². The number of benzene rings is 1. The molecule has 3 rings (SSSR count). The summed E-state index contributed by atoms with van der Waals surface area (Å²) in [4.78, 5) is 2.63. The molecule has 0 amide bonds. The Kier molecular flexibility index (Phi) is 3.16. The zero-order valence-electron chi connectivity index (χ0n) is 11.4. The molecule has 1 saturated carbocycles. The van der Waals surface area contributed by atoms with E-state index in [2.05, 4.69) is 36.1 Å². The third kappa shape index (κ3) is 2.08. The lowest BCUT2D eigenvalue weighted by Crippen LogP contribution is -2.55. The molecule has 0 aromatic heterocycles. The highest BCUT2D eigenvalue weighted by Gasteiger charge is 2.45. The maximum atomic E-state index is 5.64. The Morgan fingerprint density at radius 1 is 1.17 bits per heavy atom. The zero-order chi connectivity index (χ0) is 12.6. The Morgan fingerprint density at radius 3 is 2.33 bits per heavy atom. The molecule has 0 radical (unpaired) electrons. The molecule has 0 bridgehead atoms. The van der Waals surface area contributed by atoms with E-state index in [9.17, 15) is 0 Å². The van der Waals surface area contributed by atoms with Gasteiger partial charge in [0.05, 0.1) is 0 Å². The molecule has 1 unspecified atom stereocenters. The summed E-state index contributed by atoms with van der Waals surface area (Å²) in [6.45, 7) is 5.60. The predicted octanol–water partition coefficient (Wildman–Crippen LogP) is 3.08. The van der Waals surface area contributed by atoms with Gasteiger partial charge in [-0.3, -0.25) is 4.90 Å². The molecular formula is C16H24N2. The number of likely N-dealkylation sites (tertiary alicyclic amines) is 1. The van der Waals surface area contributed by atoms with Crippen LogP contribution in [0.3, 0.4) is 0 Å². The number of hydrogen-bond acceptors (Lipinski definition) is 2. The van der Waals surface area contributed by atoms with Crippen LogP contribution >= 0.6 is 0 Å². The van der Waals surface area contributed by atoms with Gasteiger partial charge < -0.3 is 5.73 Å². The Hall–Kier alpha value is -0.860. The summed E-state index contributed by atoms with van der Waals surface area (Å²) in [5, 5.41) is 0. The average molecular weight is 244 g/mol. The predicted molar refractivity (Wildman–Crippen MR) is 75.2 cm³/mol. The van der Waals surface area contributed by atoms with Crippen LogP contribution in [0.4, 0.5) is 0 Å². The molecule has 2 heteroatoms. The molecule has 1 aliphatic heterocycles. The van der Waals surface area contributed by atoms with Gasteiger partial charge in [-0.15, -0.1) is 0 Å². The van der Waals surface area contributed by atoms with Crippen molar-refractivity contribution in [3.05, 3.63) is 35.4 Å². The van der Waals surface area contributed by atoms with Crippen LogP contribution in [0.25, 0.3) is 0 Å². The molecule has 2 N–H and O–H groups in total. The van der Waals surface area contributed by atoms with E-state index in [0.717, 1.165) is 0 Å². The van der Waals surface area contributed by atoms with Crippen molar-refractivity contribution in [2.45, 2.75) is 45.2 Å². The summed E-state index contributed by atoms with van der Waals surface area (Å²) in [7, 11) is 0. The first-order valence-corrected chi connectivity index (χ1v) is 7.25. The minimum absolute atomic E-state index is 0.558. The van der Waals surface area contributed by atoms with Gasteiger partial charge in [0.1, 0.15) is 0 Å². The number of nitrogens with two attached hydrogens (primary N) is 1. The Labute approximate surface area is 110 Å². The third-order valence-corrected chi connectivity index (χ3v) is 4.99. The van der Waals surface area contributed by atoms with Crippen molar-refractivity contribution in [3.8, 4) is 0 Å². The SMILES string of the molecule is CC(c1ccc(CN)cc1)N1CC2(CCCC2)C1. The van der Waals surface area contributed by atoms with E-state index in [0.29, 0.717) is 18.0 Å². The van der Waals surface area contributed by atoms with Gasteiger partial charge in [0, 0.05) is 25.7 Å². The first-order valence-electron chi connectivity index (χ1n) is 7.25. The van der Waals surface area contributed by atoms with Gasteiger partial charge in [0.25, 0.3) is 0 Å². The van der Waals surface area contributed by atoms with Crippen LogP contribution in [0.2, 0.25) is 0 Å². The average Bonchev–Trinajstić information content (AvgIpc) is 2.86. The van der Waals surface area contributed by atoms with Crippen LogP contribution < -0.4 is 5.73 Å². The molecule has 2 nitrogen and oxygen atoms in total. The zero-order valence-corrected chi connectivity index (χ0v) is 11.4. The maximum absolute atomic E-state index is 5.64. The highest BCUT2D eigenvalue weighted by Crippen LogP contribution is 2.47. The van der Waals surface area contributed by atoms with Crippen LogP contribution in [0, 0.1) is 5.41 Å². The molecule has 18 heavy (non-hydrogen) atoms. The van der Waals surface area contributed by atoms with Crippen LogP contribution in [0.1, 0.15) is 49.8 Å². The summed E-state index contributed by atoms with van der Waals surface area (Å²) in [6.07, 6.45) is 5.82. The van der Waals surface area contributed by atoms with Crippen molar-refractivity contribution < 1.29 is 0 Å². The van der Waals surface area contributed by atoms with Gasteiger partial charge in [0.15, 0.2) is 0 Å². The lowest BCUT2D eigenvalue weighted by molar-refractivity contribution is -0.0227. The van der Waals surface area contributed by atoms with Crippen molar-refractivity contribution >= 4 is 0 Å². The molecule has 98 valence electrons. The van der Waals surface area contributed by atoms with Crippen LogP contribution in [-0.2, 0) is 6.54 Å². The fourth-order valence-corrected chi connectivity index (χ4v) is 3.67. The first-order chi connectivity index (χ1) is 8.72. The lowest BCUT2D eigenvalue weighted by atomic mass is 9.77. The van der Waals surface area contributed by atoms with Crippen LogP contribution in [0.15, 0.2) is 24.3 Å². The van der Waals surface area contributed by atoms with Crippen molar-refractivity contribution in [1.29, 1.82) is 0 Å². The molecule has 2 fully saturated rings. The van der Waals surface area contributed by atoms with E-state index in [1.165, 1.54) is 49.9 Å². The van der Waals surface area contributed by atoms with Crippen LogP contribution in [-0.4, -0.2) is 18.0 Å². The Morgan fingerprint density at radius 2 is 1.78 bits per heavy atom. The standard InChI is InChI=1S/C16H24N2/c1-13(15-6-4-14(10-17)5-7-15)18-11-16(12-18)8-2-3-9-16/h4-7,13H,2-3,8-12,17H2,1H3. The quantitative estimate of drug-likeness (QED) is 0.885. The fraction of sp³-hybridized carbons (Fsp3) is 0.625. The van der Waals surface area contributed by atoms with Crippen molar-refractivity contribution in [2.24, 2.45) is 11.1 Å². The minimum atomic E-state index is 0.558. The van der Waals surface area contributed by atoms with Gasteiger partial charge in [-0.1, -0.05) is 37.1 Å². The summed E-state index contributed by atoms with van der Waals surface area (Å²) in [6, 6.07) is 9.37. The highest BCUT2D eigenvalue weighted by atomic mass is 15.2. The molecule has 1 aliphatic carbocycles. The molecule has 1 aromatic rings. The molecule has 1 spiro atoms. The van der Waals surface area contributed by atoms with Gasteiger partial charge >= 0.3 is 0 Å². The summed E-state index contributed by atoms with van der Waals surface area (Å²) < 4.78 is 0. The van der Waals surface area contributed by atoms with E-state index < -0.39 is 0 Å². The van der Waals surface area contributed by atoms with Gasteiger partial charge in [-0.25, -0.2) is 0 Å². The van der Waals surface area contributed by atoms with Gasteiger partial charge in [-0.05, 0) is 36.3 Å². The second kappa shape index (κ2) is 4.67. The summed E-state index contributed by atoms with van der Waals surface area (Å²) in [5.41, 5.74) is 9.00. The van der Waals surface area contributed by atoms with E-state index in [-0.39, 0.29) is 0 Å². The maximum Gasteiger partial charge on any atom is 0.0320 e. The first kappa shape index (κ1) is 12.2. The second-order valence-electron chi connectivity index (χ2n) is 6.23. The minimum Gasteiger partial charge on any atom is -0.326 e. The van der Waals surface area contributed by atoms with Crippen LogP contribution in [0.5, 0.6) is 0 Å².